The molecule has 2 N–H and O–H groups in total. The van der Waals surface area contributed by atoms with Gasteiger partial charge in [0, 0.05) is 25.4 Å². The second-order valence-electron chi connectivity index (χ2n) is 5.31. The summed E-state index contributed by atoms with van der Waals surface area (Å²) in [5.41, 5.74) is 1.97. The number of carbonyl (C=O) groups excluding carboxylic acids is 1. The summed E-state index contributed by atoms with van der Waals surface area (Å²) in [4.78, 5) is 11.7. The standard InChI is InChI=1S/C16H24N2O3/c1-13-5-7-14(8-6-13)18-16(19)17-9-3-10-20-12-15-4-2-11-21-15/h5-8,15H,2-4,9-12H2,1H3,(H2,17,18,19)/t15-/m1/s1. The molecule has 0 unspecified atom stereocenters. The fraction of sp³-hybridized carbons (Fsp3) is 0.562. The fourth-order valence-corrected chi connectivity index (χ4v) is 2.18. The molecule has 1 atom stereocenters. The first-order valence-corrected chi connectivity index (χ1v) is 7.55. The average Bonchev–Trinajstić information content (AvgIpc) is 2.98. The lowest BCUT2D eigenvalue weighted by Gasteiger charge is -2.10. The van der Waals surface area contributed by atoms with Crippen LogP contribution in [0.1, 0.15) is 24.8 Å². The van der Waals surface area contributed by atoms with E-state index < -0.39 is 0 Å². The van der Waals surface area contributed by atoms with E-state index in [-0.39, 0.29) is 12.1 Å². The molecule has 1 aliphatic rings. The maximum atomic E-state index is 11.7. The zero-order chi connectivity index (χ0) is 14.9. The summed E-state index contributed by atoms with van der Waals surface area (Å²) in [7, 11) is 0. The van der Waals surface area contributed by atoms with Gasteiger partial charge in [0.2, 0.25) is 0 Å². The molecule has 1 saturated heterocycles. The molecular weight excluding hydrogens is 268 g/mol. The molecule has 2 rings (SSSR count). The lowest BCUT2D eigenvalue weighted by molar-refractivity contribution is 0.0168. The van der Waals surface area contributed by atoms with Gasteiger partial charge in [-0.1, -0.05) is 17.7 Å². The van der Waals surface area contributed by atoms with Gasteiger partial charge in [-0.05, 0) is 38.3 Å². The molecule has 0 aliphatic carbocycles. The fourth-order valence-electron chi connectivity index (χ4n) is 2.18. The van der Waals surface area contributed by atoms with Crippen LogP contribution < -0.4 is 10.6 Å². The minimum absolute atomic E-state index is 0.182. The van der Waals surface area contributed by atoms with Crippen molar-refractivity contribution in [3.05, 3.63) is 29.8 Å². The van der Waals surface area contributed by atoms with Crippen molar-refractivity contribution in [2.45, 2.75) is 32.3 Å². The zero-order valence-electron chi connectivity index (χ0n) is 12.6. The summed E-state index contributed by atoms with van der Waals surface area (Å²) in [5.74, 6) is 0. The normalized spacial score (nSPS) is 17.7. The van der Waals surface area contributed by atoms with Gasteiger partial charge in [0.05, 0.1) is 12.7 Å². The van der Waals surface area contributed by atoms with Gasteiger partial charge in [0.1, 0.15) is 0 Å². The van der Waals surface area contributed by atoms with Crippen molar-refractivity contribution in [3.63, 3.8) is 0 Å². The van der Waals surface area contributed by atoms with Gasteiger partial charge in [-0.25, -0.2) is 4.79 Å². The lowest BCUT2D eigenvalue weighted by atomic mass is 10.2. The summed E-state index contributed by atoms with van der Waals surface area (Å²) in [5, 5.41) is 5.61. The Hall–Kier alpha value is -1.59. The molecule has 0 aromatic heterocycles. The molecule has 0 spiro atoms. The highest BCUT2D eigenvalue weighted by Gasteiger charge is 2.14. The minimum atomic E-state index is -0.182. The van der Waals surface area contributed by atoms with E-state index in [1.165, 1.54) is 5.56 Å². The van der Waals surface area contributed by atoms with Crippen LogP contribution in [-0.4, -0.2) is 38.5 Å². The summed E-state index contributed by atoms with van der Waals surface area (Å²) < 4.78 is 11.0. The zero-order valence-corrected chi connectivity index (χ0v) is 12.6. The molecule has 1 aromatic rings. The van der Waals surface area contributed by atoms with E-state index in [2.05, 4.69) is 10.6 Å². The van der Waals surface area contributed by atoms with Gasteiger partial charge in [-0.2, -0.15) is 0 Å². The Morgan fingerprint density at radius 3 is 2.90 bits per heavy atom. The number of hydrogen-bond donors (Lipinski definition) is 2. The van der Waals surface area contributed by atoms with Crippen molar-refractivity contribution >= 4 is 11.7 Å². The molecule has 0 saturated carbocycles. The number of aryl methyl sites for hydroxylation is 1. The van der Waals surface area contributed by atoms with E-state index in [4.69, 9.17) is 9.47 Å². The van der Waals surface area contributed by atoms with Crippen molar-refractivity contribution in [1.29, 1.82) is 0 Å². The summed E-state index contributed by atoms with van der Waals surface area (Å²) in [6.45, 7) is 4.78. The smallest absolute Gasteiger partial charge is 0.319 e. The summed E-state index contributed by atoms with van der Waals surface area (Å²) in [6.07, 6.45) is 3.29. The number of nitrogens with one attached hydrogen (secondary N) is 2. The molecule has 116 valence electrons. The van der Waals surface area contributed by atoms with Crippen molar-refractivity contribution < 1.29 is 14.3 Å². The Kier molecular flexibility index (Phi) is 6.50. The Labute approximate surface area is 126 Å². The van der Waals surface area contributed by atoms with Gasteiger partial charge in [0.25, 0.3) is 0 Å². The minimum Gasteiger partial charge on any atom is -0.379 e. The Morgan fingerprint density at radius 1 is 1.38 bits per heavy atom. The maximum Gasteiger partial charge on any atom is 0.319 e. The van der Waals surface area contributed by atoms with Crippen molar-refractivity contribution in [2.75, 3.05) is 31.7 Å². The molecule has 1 aromatic carbocycles. The van der Waals surface area contributed by atoms with Gasteiger partial charge in [-0.3, -0.25) is 0 Å². The molecule has 5 heteroatoms. The largest absolute Gasteiger partial charge is 0.379 e. The number of anilines is 1. The monoisotopic (exact) mass is 292 g/mol. The lowest BCUT2D eigenvalue weighted by Crippen LogP contribution is -2.30. The van der Waals surface area contributed by atoms with E-state index in [1.807, 2.05) is 31.2 Å². The molecule has 1 heterocycles. The van der Waals surface area contributed by atoms with Crippen LogP contribution in [0, 0.1) is 6.92 Å². The molecule has 0 bridgehead atoms. The van der Waals surface area contributed by atoms with Crippen LogP contribution in [0.15, 0.2) is 24.3 Å². The van der Waals surface area contributed by atoms with Crippen molar-refractivity contribution in [1.82, 2.24) is 5.32 Å². The van der Waals surface area contributed by atoms with Gasteiger partial charge in [-0.15, -0.1) is 0 Å². The van der Waals surface area contributed by atoms with Gasteiger partial charge in [0.15, 0.2) is 0 Å². The average molecular weight is 292 g/mol. The Morgan fingerprint density at radius 2 is 2.19 bits per heavy atom. The molecule has 2 amide bonds. The van der Waals surface area contributed by atoms with Crippen LogP contribution in [0.2, 0.25) is 0 Å². The van der Waals surface area contributed by atoms with Crippen molar-refractivity contribution in [2.24, 2.45) is 0 Å². The Balaban J connectivity index is 1.49. The molecule has 1 aliphatic heterocycles. The second-order valence-corrected chi connectivity index (χ2v) is 5.31. The van der Waals surface area contributed by atoms with Crippen LogP contribution >= 0.6 is 0 Å². The molecule has 5 nitrogen and oxygen atoms in total. The van der Waals surface area contributed by atoms with E-state index in [1.54, 1.807) is 0 Å². The number of hydrogen-bond acceptors (Lipinski definition) is 3. The maximum absolute atomic E-state index is 11.7. The summed E-state index contributed by atoms with van der Waals surface area (Å²) in [6, 6.07) is 7.53. The van der Waals surface area contributed by atoms with E-state index in [0.29, 0.717) is 19.8 Å². The Bertz CT molecular complexity index is 428. The predicted molar refractivity (Wildman–Crippen MR) is 82.6 cm³/mol. The molecule has 21 heavy (non-hydrogen) atoms. The van der Waals surface area contributed by atoms with Crippen LogP contribution in [-0.2, 0) is 9.47 Å². The van der Waals surface area contributed by atoms with Crippen LogP contribution in [0.5, 0.6) is 0 Å². The number of urea groups is 1. The number of carbonyl (C=O) groups is 1. The highest BCUT2D eigenvalue weighted by molar-refractivity contribution is 5.89. The first kappa shape index (κ1) is 15.8. The topological polar surface area (TPSA) is 59.6 Å². The van der Waals surface area contributed by atoms with Crippen LogP contribution in [0.4, 0.5) is 10.5 Å². The predicted octanol–water partition coefficient (Wildman–Crippen LogP) is 2.70. The first-order chi connectivity index (χ1) is 10.2. The highest BCUT2D eigenvalue weighted by atomic mass is 16.5. The van der Waals surface area contributed by atoms with E-state index in [9.17, 15) is 4.79 Å². The van der Waals surface area contributed by atoms with Crippen molar-refractivity contribution in [3.8, 4) is 0 Å². The molecular formula is C16H24N2O3. The number of rotatable bonds is 7. The molecule has 0 radical (unpaired) electrons. The first-order valence-electron chi connectivity index (χ1n) is 7.55. The third-order valence-electron chi connectivity index (χ3n) is 3.39. The second kappa shape index (κ2) is 8.64. The number of ether oxygens (including phenoxy) is 2. The van der Waals surface area contributed by atoms with Gasteiger partial charge >= 0.3 is 6.03 Å². The number of amides is 2. The van der Waals surface area contributed by atoms with Crippen LogP contribution in [0.25, 0.3) is 0 Å². The van der Waals surface area contributed by atoms with Crippen LogP contribution in [0.3, 0.4) is 0 Å². The third-order valence-corrected chi connectivity index (χ3v) is 3.39. The number of benzene rings is 1. The summed E-state index contributed by atoms with van der Waals surface area (Å²) >= 11 is 0. The quantitative estimate of drug-likeness (QED) is 0.760. The van der Waals surface area contributed by atoms with Gasteiger partial charge < -0.3 is 20.1 Å². The van der Waals surface area contributed by atoms with E-state index in [0.717, 1.165) is 31.6 Å². The highest BCUT2D eigenvalue weighted by Crippen LogP contribution is 2.11. The van der Waals surface area contributed by atoms with E-state index >= 15 is 0 Å². The third kappa shape index (κ3) is 6.14. The molecule has 1 fully saturated rings. The SMILES string of the molecule is Cc1ccc(NC(=O)NCCCOC[C@H]2CCCO2)cc1.